The summed E-state index contributed by atoms with van der Waals surface area (Å²) in [7, 11) is 1.44. The average molecular weight is 459 g/mol. The van der Waals surface area contributed by atoms with Gasteiger partial charge in [-0.1, -0.05) is 39.0 Å². The maximum atomic E-state index is 12.6. The third-order valence-corrected chi connectivity index (χ3v) is 5.06. The number of rotatable bonds is 7. The Kier molecular flexibility index (Phi) is 7.54. The number of hydrogen-bond donors (Lipinski definition) is 1. The van der Waals surface area contributed by atoms with Gasteiger partial charge in [-0.3, -0.25) is 4.79 Å². The molecule has 0 spiro atoms. The second-order valence-corrected chi connectivity index (χ2v) is 8.56. The van der Waals surface area contributed by atoms with Crippen LogP contribution in [0.2, 0.25) is 0 Å². The van der Waals surface area contributed by atoms with Crippen molar-refractivity contribution < 1.29 is 23.5 Å². The van der Waals surface area contributed by atoms with E-state index in [1.54, 1.807) is 42.5 Å². The lowest BCUT2D eigenvalue weighted by Gasteiger charge is -2.19. The number of carbonyl (C=O) groups excluding carboxylic acids is 2. The number of furan rings is 1. The SMILES string of the molecule is COc1cc(/C=C(\C#N)C(=O)NCc2ccco2)ccc1OC(=O)c1ccc(C(C)(C)C)cc1. The standard InChI is InChI=1S/C27H26N2O5/c1-27(2,3)21-10-8-19(9-11-21)26(31)34-23-12-7-18(15-24(23)32-4)14-20(16-28)25(30)29-17-22-6-5-13-33-22/h5-15H,17H2,1-4H3,(H,29,30)/b20-14+. The zero-order valence-electron chi connectivity index (χ0n) is 19.5. The molecular formula is C27H26N2O5. The predicted octanol–water partition coefficient (Wildman–Crippen LogP) is 5.03. The zero-order valence-corrected chi connectivity index (χ0v) is 19.5. The van der Waals surface area contributed by atoms with E-state index in [0.717, 1.165) is 5.56 Å². The van der Waals surface area contributed by atoms with E-state index in [4.69, 9.17) is 13.9 Å². The van der Waals surface area contributed by atoms with Crippen LogP contribution in [0, 0.1) is 11.3 Å². The first kappa shape index (κ1) is 24.3. The summed E-state index contributed by atoms with van der Waals surface area (Å²) in [5, 5.41) is 12.0. The van der Waals surface area contributed by atoms with E-state index < -0.39 is 11.9 Å². The van der Waals surface area contributed by atoms with E-state index in [2.05, 4.69) is 26.1 Å². The molecule has 1 aromatic heterocycles. The van der Waals surface area contributed by atoms with Gasteiger partial charge in [-0.2, -0.15) is 5.26 Å². The summed E-state index contributed by atoms with van der Waals surface area (Å²) < 4.78 is 16.0. The highest BCUT2D eigenvalue weighted by atomic mass is 16.6. The molecule has 1 amide bonds. The van der Waals surface area contributed by atoms with Crippen molar-refractivity contribution in [2.45, 2.75) is 32.7 Å². The Hall–Kier alpha value is -4.31. The molecule has 174 valence electrons. The molecule has 0 aliphatic heterocycles. The molecular weight excluding hydrogens is 432 g/mol. The number of amides is 1. The van der Waals surface area contributed by atoms with Gasteiger partial charge in [0.25, 0.3) is 5.91 Å². The Morgan fingerprint density at radius 3 is 2.41 bits per heavy atom. The van der Waals surface area contributed by atoms with Crippen LogP contribution in [-0.4, -0.2) is 19.0 Å². The Labute approximate surface area is 198 Å². The van der Waals surface area contributed by atoms with Crippen LogP contribution in [-0.2, 0) is 16.8 Å². The van der Waals surface area contributed by atoms with Crippen molar-refractivity contribution >= 4 is 18.0 Å². The minimum absolute atomic E-state index is 0.0209. The average Bonchev–Trinajstić information content (AvgIpc) is 3.35. The van der Waals surface area contributed by atoms with Crippen molar-refractivity contribution in [2.24, 2.45) is 0 Å². The first-order valence-corrected chi connectivity index (χ1v) is 10.6. The molecule has 0 bridgehead atoms. The predicted molar refractivity (Wildman–Crippen MR) is 127 cm³/mol. The number of esters is 1. The normalized spacial score (nSPS) is 11.4. The number of methoxy groups -OCH3 is 1. The fourth-order valence-electron chi connectivity index (χ4n) is 3.11. The lowest BCUT2D eigenvalue weighted by atomic mass is 9.87. The summed E-state index contributed by atoms with van der Waals surface area (Å²) in [4.78, 5) is 25.0. The Balaban J connectivity index is 1.73. The highest BCUT2D eigenvalue weighted by molar-refractivity contribution is 6.01. The molecule has 0 radical (unpaired) electrons. The largest absolute Gasteiger partial charge is 0.493 e. The molecule has 3 rings (SSSR count). The molecule has 1 N–H and O–H groups in total. The number of ether oxygens (including phenoxy) is 2. The topological polar surface area (TPSA) is 102 Å². The highest BCUT2D eigenvalue weighted by Crippen LogP contribution is 2.30. The summed E-state index contributed by atoms with van der Waals surface area (Å²) in [6.07, 6.45) is 2.93. The van der Waals surface area contributed by atoms with Gasteiger partial charge in [-0.25, -0.2) is 4.79 Å². The third-order valence-electron chi connectivity index (χ3n) is 5.06. The lowest BCUT2D eigenvalue weighted by Crippen LogP contribution is -2.23. The number of hydrogen-bond acceptors (Lipinski definition) is 6. The lowest BCUT2D eigenvalue weighted by molar-refractivity contribution is -0.117. The first-order valence-electron chi connectivity index (χ1n) is 10.6. The fraction of sp³-hybridized carbons (Fsp3) is 0.222. The molecule has 0 aliphatic carbocycles. The van der Waals surface area contributed by atoms with Crippen molar-refractivity contribution in [3.8, 4) is 17.6 Å². The van der Waals surface area contributed by atoms with Crippen LogP contribution < -0.4 is 14.8 Å². The number of nitriles is 1. The number of nitrogens with zero attached hydrogens (tertiary/aromatic N) is 1. The van der Waals surface area contributed by atoms with Crippen LogP contribution in [0.5, 0.6) is 11.5 Å². The molecule has 3 aromatic rings. The van der Waals surface area contributed by atoms with E-state index >= 15 is 0 Å². The van der Waals surface area contributed by atoms with Gasteiger partial charge in [0.15, 0.2) is 11.5 Å². The molecule has 2 aromatic carbocycles. The van der Waals surface area contributed by atoms with Crippen LogP contribution in [0.1, 0.15) is 48.0 Å². The Morgan fingerprint density at radius 2 is 1.82 bits per heavy atom. The van der Waals surface area contributed by atoms with Crippen molar-refractivity contribution in [1.29, 1.82) is 5.26 Å². The second kappa shape index (κ2) is 10.5. The van der Waals surface area contributed by atoms with Crippen LogP contribution in [0.25, 0.3) is 6.08 Å². The maximum absolute atomic E-state index is 12.6. The summed E-state index contributed by atoms with van der Waals surface area (Å²) in [6.45, 7) is 6.46. The van der Waals surface area contributed by atoms with Crippen molar-refractivity contribution in [3.05, 3.63) is 88.9 Å². The van der Waals surface area contributed by atoms with E-state index in [1.807, 2.05) is 18.2 Å². The van der Waals surface area contributed by atoms with Crippen LogP contribution in [0.4, 0.5) is 0 Å². The Morgan fingerprint density at radius 1 is 1.09 bits per heavy atom. The minimum atomic E-state index is -0.535. The molecule has 0 saturated carbocycles. The van der Waals surface area contributed by atoms with Gasteiger partial charge in [0, 0.05) is 0 Å². The smallest absolute Gasteiger partial charge is 0.343 e. The zero-order chi connectivity index (χ0) is 24.7. The van der Waals surface area contributed by atoms with Gasteiger partial charge in [0.05, 0.1) is 25.5 Å². The molecule has 7 nitrogen and oxygen atoms in total. The summed E-state index contributed by atoms with van der Waals surface area (Å²) >= 11 is 0. The highest BCUT2D eigenvalue weighted by Gasteiger charge is 2.17. The second-order valence-electron chi connectivity index (χ2n) is 8.56. The van der Waals surface area contributed by atoms with Gasteiger partial charge in [-0.05, 0) is 59.0 Å². The van der Waals surface area contributed by atoms with Crippen LogP contribution in [0.3, 0.4) is 0 Å². The van der Waals surface area contributed by atoms with E-state index in [9.17, 15) is 14.9 Å². The van der Waals surface area contributed by atoms with Crippen molar-refractivity contribution in [3.63, 3.8) is 0 Å². The maximum Gasteiger partial charge on any atom is 0.343 e. The molecule has 0 unspecified atom stereocenters. The molecule has 0 atom stereocenters. The minimum Gasteiger partial charge on any atom is -0.493 e. The van der Waals surface area contributed by atoms with Crippen LogP contribution in [0.15, 0.2) is 70.9 Å². The van der Waals surface area contributed by atoms with Gasteiger partial charge in [-0.15, -0.1) is 0 Å². The van der Waals surface area contributed by atoms with Crippen LogP contribution >= 0.6 is 0 Å². The van der Waals surface area contributed by atoms with E-state index in [1.165, 1.54) is 19.4 Å². The molecule has 0 fully saturated rings. The van der Waals surface area contributed by atoms with Crippen molar-refractivity contribution in [1.82, 2.24) is 5.32 Å². The number of carbonyl (C=O) groups is 2. The first-order chi connectivity index (χ1) is 16.2. The van der Waals surface area contributed by atoms with Gasteiger partial charge >= 0.3 is 5.97 Å². The fourth-order valence-corrected chi connectivity index (χ4v) is 3.11. The quantitative estimate of drug-likeness (QED) is 0.231. The van der Waals surface area contributed by atoms with E-state index in [0.29, 0.717) is 22.6 Å². The summed E-state index contributed by atoms with van der Waals surface area (Å²) in [6, 6.07) is 17.4. The molecule has 7 heteroatoms. The van der Waals surface area contributed by atoms with Gasteiger partial charge < -0.3 is 19.2 Å². The monoisotopic (exact) mass is 458 g/mol. The molecule has 34 heavy (non-hydrogen) atoms. The Bertz CT molecular complexity index is 1230. The van der Waals surface area contributed by atoms with Crippen molar-refractivity contribution in [2.75, 3.05) is 7.11 Å². The molecule has 0 saturated heterocycles. The molecule has 1 heterocycles. The third kappa shape index (κ3) is 6.14. The van der Waals surface area contributed by atoms with Gasteiger partial charge in [0.1, 0.15) is 17.4 Å². The number of benzene rings is 2. The summed E-state index contributed by atoms with van der Waals surface area (Å²) in [5.41, 5.74) is 1.96. The van der Waals surface area contributed by atoms with E-state index in [-0.39, 0.29) is 23.3 Å². The molecule has 0 aliphatic rings. The number of nitrogens with one attached hydrogen (secondary N) is 1. The summed E-state index contributed by atoms with van der Waals surface area (Å²) in [5.74, 6) is 0.0442. The van der Waals surface area contributed by atoms with Gasteiger partial charge in [0.2, 0.25) is 0 Å².